The molecule has 0 bridgehead atoms. The van der Waals surface area contributed by atoms with E-state index in [1.807, 2.05) is 0 Å². The largest absolute Gasteiger partial charge is 0.508 e. The van der Waals surface area contributed by atoms with Crippen molar-refractivity contribution >= 4 is 5.91 Å². The Morgan fingerprint density at radius 1 is 1.50 bits per heavy atom. The minimum absolute atomic E-state index is 0.0796. The predicted molar refractivity (Wildman–Crippen MR) is 50.6 cm³/mol. The van der Waals surface area contributed by atoms with Gasteiger partial charge in [-0.25, -0.2) is 0 Å². The number of hydrogen-bond acceptors (Lipinski definition) is 3. The number of ether oxygens (including phenoxy) is 1. The maximum atomic E-state index is 11.7. The van der Waals surface area contributed by atoms with E-state index >= 15 is 0 Å². The van der Waals surface area contributed by atoms with Crippen molar-refractivity contribution in [3.63, 3.8) is 0 Å². The molecule has 1 heterocycles. The number of aromatic hydroxyl groups is 1. The molecule has 74 valence electrons. The molecule has 0 radical (unpaired) electrons. The van der Waals surface area contributed by atoms with E-state index in [9.17, 15) is 9.90 Å². The second-order valence-corrected chi connectivity index (χ2v) is 3.26. The van der Waals surface area contributed by atoms with E-state index in [2.05, 4.69) is 0 Å². The van der Waals surface area contributed by atoms with Crippen LogP contribution < -0.4 is 4.74 Å². The van der Waals surface area contributed by atoms with Gasteiger partial charge in [-0.15, -0.1) is 0 Å². The zero-order valence-electron chi connectivity index (χ0n) is 7.86. The van der Waals surface area contributed by atoms with Crippen LogP contribution in [0.25, 0.3) is 0 Å². The first kappa shape index (κ1) is 8.87. The quantitative estimate of drug-likeness (QED) is 0.664. The van der Waals surface area contributed by atoms with Gasteiger partial charge in [0.15, 0.2) is 0 Å². The van der Waals surface area contributed by atoms with Crippen molar-refractivity contribution in [1.29, 1.82) is 0 Å². The monoisotopic (exact) mass is 193 g/mol. The Balaban J connectivity index is 2.50. The molecule has 14 heavy (non-hydrogen) atoms. The smallest absolute Gasteiger partial charge is 0.257 e. The molecule has 2 rings (SSSR count). The molecule has 0 unspecified atom stereocenters. The standard InChI is InChI=1S/C10H11NO3/c1-11-4-5-14-9-3-2-7(12)6-8(9)10(11)13/h2-3,6,12H,4-5H2,1H3. The highest BCUT2D eigenvalue weighted by molar-refractivity contribution is 5.97. The van der Waals surface area contributed by atoms with Crippen LogP contribution in [0.2, 0.25) is 0 Å². The van der Waals surface area contributed by atoms with Crippen molar-refractivity contribution in [3.8, 4) is 11.5 Å². The van der Waals surface area contributed by atoms with Crippen LogP contribution in [-0.2, 0) is 0 Å². The average Bonchev–Trinajstić information content (AvgIpc) is 2.30. The van der Waals surface area contributed by atoms with E-state index < -0.39 is 0 Å². The summed E-state index contributed by atoms with van der Waals surface area (Å²) in [6, 6.07) is 4.55. The molecule has 1 aliphatic heterocycles. The number of amides is 1. The third-order valence-corrected chi connectivity index (χ3v) is 2.22. The van der Waals surface area contributed by atoms with E-state index in [1.54, 1.807) is 18.0 Å². The Kier molecular flexibility index (Phi) is 2.04. The predicted octanol–water partition coefficient (Wildman–Crippen LogP) is 0.857. The Morgan fingerprint density at radius 2 is 2.29 bits per heavy atom. The lowest BCUT2D eigenvalue weighted by atomic mass is 10.1. The summed E-state index contributed by atoms with van der Waals surface area (Å²) in [7, 11) is 1.71. The zero-order chi connectivity index (χ0) is 10.1. The fraction of sp³-hybridized carbons (Fsp3) is 0.300. The summed E-state index contributed by atoms with van der Waals surface area (Å²) in [4.78, 5) is 13.3. The van der Waals surface area contributed by atoms with E-state index in [0.29, 0.717) is 24.5 Å². The van der Waals surface area contributed by atoms with Crippen LogP contribution in [0.3, 0.4) is 0 Å². The summed E-state index contributed by atoms with van der Waals surface area (Å²) in [6.07, 6.45) is 0. The molecule has 0 fully saturated rings. The summed E-state index contributed by atoms with van der Waals surface area (Å²) >= 11 is 0. The van der Waals surface area contributed by atoms with Gasteiger partial charge in [-0.05, 0) is 18.2 Å². The fourth-order valence-electron chi connectivity index (χ4n) is 1.41. The van der Waals surface area contributed by atoms with Gasteiger partial charge in [0.05, 0.1) is 12.1 Å². The van der Waals surface area contributed by atoms with Crippen molar-refractivity contribution in [2.24, 2.45) is 0 Å². The van der Waals surface area contributed by atoms with Crippen LogP contribution in [0.1, 0.15) is 10.4 Å². The lowest BCUT2D eigenvalue weighted by Gasteiger charge is -2.12. The first-order chi connectivity index (χ1) is 6.68. The molecule has 0 saturated carbocycles. The van der Waals surface area contributed by atoms with Gasteiger partial charge in [-0.1, -0.05) is 0 Å². The summed E-state index contributed by atoms with van der Waals surface area (Å²) in [6.45, 7) is 1.05. The van der Waals surface area contributed by atoms with Crippen molar-refractivity contribution in [3.05, 3.63) is 23.8 Å². The highest BCUT2D eigenvalue weighted by Gasteiger charge is 2.20. The molecule has 0 atom stereocenters. The molecule has 1 amide bonds. The van der Waals surface area contributed by atoms with Gasteiger partial charge in [0, 0.05) is 7.05 Å². The molecular formula is C10H11NO3. The second-order valence-electron chi connectivity index (χ2n) is 3.26. The van der Waals surface area contributed by atoms with Gasteiger partial charge >= 0.3 is 0 Å². The number of phenolic OH excluding ortho intramolecular Hbond substituents is 1. The summed E-state index contributed by atoms with van der Waals surface area (Å²) < 4.78 is 5.37. The van der Waals surface area contributed by atoms with Crippen LogP contribution in [0.4, 0.5) is 0 Å². The second kappa shape index (κ2) is 3.21. The minimum Gasteiger partial charge on any atom is -0.508 e. The van der Waals surface area contributed by atoms with Gasteiger partial charge in [0.25, 0.3) is 5.91 Å². The van der Waals surface area contributed by atoms with Crippen molar-refractivity contribution in [1.82, 2.24) is 4.90 Å². The van der Waals surface area contributed by atoms with Crippen molar-refractivity contribution in [2.75, 3.05) is 20.2 Å². The highest BCUT2D eigenvalue weighted by atomic mass is 16.5. The number of rotatable bonds is 0. The van der Waals surface area contributed by atoms with Crippen LogP contribution >= 0.6 is 0 Å². The molecule has 0 aliphatic carbocycles. The number of nitrogens with zero attached hydrogens (tertiary/aromatic N) is 1. The summed E-state index contributed by atoms with van der Waals surface area (Å²) in [5.41, 5.74) is 0.421. The van der Waals surface area contributed by atoms with Crippen LogP contribution in [0.15, 0.2) is 18.2 Å². The Labute approximate surface area is 81.7 Å². The number of likely N-dealkylation sites (N-methyl/N-ethyl adjacent to an activating group) is 1. The average molecular weight is 193 g/mol. The molecular weight excluding hydrogens is 182 g/mol. The highest BCUT2D eigenvalue weighted by Crippen LogP contribution is 2.26. The minimum atomic E-state index is -0.117. The van der Waals surface area contributed by atoms with Gasteiger partial charge in [0.2, 0.25) is 0 Å². The molecule has 4 nitrogen and oxygen atoms in total. The maximum absolute atomic E-state index is 11.7. The number of hydrogen-bond donors (Lipinski definition) is 1. The molecule has 1 N–H and O–H groups in total. The van der Waals surface area contributed by atoms with Gasteiger partial charge in [-0.3, -0.25) is 4.79 Å². The lowest BCUT2D eigenvalue weighted by molar-refractivity contribution is 0.0796. The molecule has 0 aromatic heterocycles. The molecule has 0 spiro atoms. The Morgan fingerprint density at radius 3 is 3.07 bits per heavy atom. The molecule has 1 aromatic carbocycles. The number of carbonyl (C=O) groups excluding carboxylic acids is 1. The van der Waals surface area contributed by atoms with Gasteiger partial charge in [-0.2, -0.15) is 0 Å². The van der Waals surface area contributed by atoms with Crippen LogP contribution in [0.5, 0.6) is 11.5 Å². The van der Waals surface area contributed by atoms with Crippen LogP contribution in [-0.4, -0.2) is 36.1 Å². The van der Waals surface area contributed by atoms with E-state index in [-0.39, 0.29) is 11.7 Å². The van der Waals surface area contributed by atoms with Gasteiger partial charge in [0.1, 0.15) is 18.1 Å². The third-order valence-electron chi connectivity index (χ3n) is 2.22. The SMILES string of the molecule is CN1CCOc2ccc(O)cc2C1=O. The molecule has 1 aliphatic rings. The number of phenols is 1. The fourth-order valence-corrected chi connectivity index (χ4v) is 1.41. The molecule has 4 heteroatoms. The number of fused-ring (bicyclic) bond motifs is 1. The van der Waals surface area contributed by atoms with Crippen molar-refractivity contribution in [2.45, 2.75) is 0 Å². The normalized spacial score (nSPS) is 15.8. The number of benzene rings is 1. The molecule has 0 saturated heterocycles. The van der Waals surface area contributed by atoms with E-state index in [1.165, 1.54) is 12.1 Å². The lowest BCUT2D eigenvalue weighted by Crippen LogP contribution is -2.27. The van der Waals surface area contributed by atoms with E-state index in [0.717, 1.165) is 0 Å². The third kappa shape index (κ3) is 1.39. The first-order valence-electron chi connectivity index (χ1n) is 4.40. The summed E-state index contributed by atoms with van der Waals surface area (Å²) in [5, 5.41) is 9.26. The van der Waals surface area contributed by atoms with Crippen LogP contribution in [0, 0.1) is 0 Å². The number of carbonyl (C=O) groups is 1. The topological polar surface area (TPSA) is 49.8 Å². The summed E-state index contributed by atoms with van der Waals surface area (Å²) in [5.74, 6) is 0.501. The molecule has 1 aromatic rings. The van der Waals surface area contributed by atoms with Crippen molar-refractivity contribution < 1.29 is 14.6 Å². The van der Waals surface area contributed by atoms with Gasteiger partial charge < -0.3 is 14.7 Å². The maximum Gasteiger partial charge on any atom is 0.257 e. The zero-order valence-corrected chi connectivity index (χ0v) is 7.86. The first-order valence-corrected chi connectivity index (χ1v) is 4.40. The van der Waals surface area contributed by atoms with E-state index in [4.69, 9.17) is 4.74 Å². The Bertz CT molecular complexity index is 376. The Hall–Kier alpha value is -1.71.